The standard InChI is InChI=1S/C38H73O8P/c1-3-5-7-9-11-13-15-16-17-18-19-20-21-23-25-27-29-31-33-38(40)46-36(35-45-47(41,42)43)34-44-37(39)32-30-28-26-24-22-14-12-10-8-6-4-2/h10,12,36H,3-9,11,13-35H2,1-2H3,(H2,41,42,43)/b12-10+/t36-/m1/s1. The van der Waals surface area contributed by atoms with Gasteiger partial charge >= 0.3 is 19.8 Å². The largest absolute Gasteiger partial charge is 0.469 e. The van der Waals surface area contributed by atoms with Crippen molar-refractivity contribution in [2.45, 2.75) is 206 Å². The van der Waals surface area contributed by atoms with Gasteiger partial charge in [-0.3, -0.25) is 14.1 Å². The van der Waals surface area contributed by atoms with E-state index >= 15 is 0 Å². The van der Waals surface area contributed by atoms with Crippen LogP contribution in [-0.2, 0) is 28.2 Å². The molecule has 0 aliphatic heterocycles. The van der Waals surface area contributed by atoms with Gasteiger partial charge in [-0.1, -0.05) is 167 Å². The van der Waals surface area contributed by atoms with Crippen LogP contribution in [-0.4, -0.2) is 41.0 Å². The van der Waals surface area contributed by atoms with Crippen molar-refractivity contribution in [1.29, 1.82) is 0 Å². The molecule has 0 bridgehead atoms. The Morgan fingerprint density at radius 3 is 1.36 bits per heavy atom. The highest BCUT2D eigenvalue weighted by atomic mass is 31.2. The minimum Gasteiger partial charge on any atom is -0.462 e. The number of hydrogen-bond donors (Lipinski definition) is 2. The van der Waals surface area contributed by atoms with Gasteiger partial charge in [0.2, 0.25) is 0 Å². The van der Waals surface area contributed by atoms with Crippen LogP contribution in [0.15, 0.2) is 12.2 Å². The van der Waals surface area contributed by atoms with Crippen molar-refractivity contribution in [2.24, 2.45) is 0 Å². The first-order chi connectivity index (χ1) is 22.8. The molecule has 0 radical (unpaired) electrons. The highest BCUT2D eigenvalue weighted by molar-refractivity contribution is 7.46. The Kier molecular flexibility index (Phi) is 33.8. The van der Waals surface area contributed by atoms with E-state index in [4.69, 9.17) is 19.3 Å². The molecule has 0 saturated heterocycles. The molecule has 0 aromatic rings. The van der Waals surface area contributed by atoms with Crippen LogP contribution in [0.4, 0.5) is 0 Å². The van der Waals surface area contributed by atoms with Gasteiger partial charge in [0, 0.05) is 12.8 Å². The van der Waals surface area contributed by atoms with Crippen molar-refractivity contribution in [3.05, 3.63) is 12.2 Å². The first-order valence-electron chi connectivity index (χ1n) is 19.5. The number of unbranched alkanes of at least 4 members (excludes halogenated alkanes) is 24. The van der Waals surface area contributed by atoms with E-state index in [-0.39, 0.29) is 19.4 Å². The number of esters is 2. The second-order valence-electron chi connectivity index (χ2n) is 13.3. The highest BCUT2D eigenvalue weighted by Crippen LogP contribution is 2.36. The van der Waals surface area contributed by atoms with Crippen LogP contribution < -0.4 is 0 Å². The Morgan fingerprint density at radius 1 is 0.532 bits per heavy atom. The van der Waals surface area contributed by atoms with Crippen molar-refractivity contribution >= 4 is 19.8 Å². The third kappa shape index (κ3) is 37.5. The Balaban J connectivity index is 3.89. The van der Waals surface area contributed by atoms with Crippen molar-refractivity contribution < 1.29 is 37.9 Å². The number of phosphoric ester groups is 1. The minimum atomic E-state index is -4.74. The van der Waals surface area contributed by atoms with Gasteiger partial charge < -0.3 is 19.3 Å². The first-order valence-corrected chi connectivity index (χ1v) is 21.0. The molecule has 0 amide bonds. The third-order valence-corrected chi connectivity index (χ3v) is 9.02. The average Bonchev–Trinajstić information content (AvgIpc) is 3.03. The van der Waals surface area contributed by atoms with E-state index in [2.05, 4.69) is 30.5 Å². The Morgan fingerprint density at radius 2 is 0.915 bits per heavy atom. The van der Waals surface area contributed by atoms with Crippen LogP contribution in [0.3, 0.4) is 0 Å². The van der Waals surface area contributed by atoms with Crippen molar-refractivity contribution in [1.82, 2.24) is 0 Å². The van der Waals surface area contributed by atoms with Crippen LogP contribution >= 0.6 is 7.82 Å². The molecule has 1 atom stereocenters. The van der Waals surface area contributed by atoms with E-state index in [1.165, 1.54) is 103 Å². The van der Waals surface area contributed by atoms with Gasteiger partial charge in [-0.15, -0.1) is 0 Å². The lowest BCUT2D eigenvalue weighted by atomic mass is 10.0. The quantitative estimate of drug-likeness (QED) is 0.0289. The van der Waals surface area contributed by atoms with Crippen molar-refractivity contribution in [3.63, 3.8) is 0 Å². The molecule has 0 heterocycles. The number of phosphoric acid groups is 1. The summed E-state index contributed by atoms with van der Waals surface area (Å²) in [6.07, 6.45) is 36.5. The summed E-state index contributed by atoms with van der Waals surface area (Å²) < 4.78 is 26.3. The maximum Gasteiger partial charge on any atom is 0.469 e. The molecule has 2 N–H and O–H groups in total. The normalized spacial score (nSPS) is 12.5. The molecule has 0 fully saturated rings. The summed E-state index contributed by atoms with van der Waals surface area (Å²) in [6.45, 7) is 3.65. The predicted molar refractivity (Wildman–Crippen MR) is 193 cm³/mol. The second kappa shape index (κ2) is 34.6. The lowest BCUT2D eigenvalue weighted by Gasteiger charge is -2.18. The van der Waals surface area contributed by atoms with Gasteiger partial charge in [-0.2, -0.15) is 0 Å². The lowest BCUT2D eigenvalue weighted by molar-refractivity contribution is -0.161. The fourth-order valence-corrected chi connectivity index (χ4v) is 5.95. The minimum absolute atomic E-state index is 0.216. The smallest absolute Gasteiger partial charge is 0.462 e. The molecule has 0 aromatic carbocycles. The van der Waals surface area contributed by atoms with Crippen LogP contribution in [0.2, 0.25) is 0 Å². The van der Waals surface area contributed by atoms with Gasteiger partial charge in [-0.25, -0.2) is 4.57 Å². The topological polar surface area (TPSA) is 119 Å². The van der Waals surface area contributed by atoms with E-state index in [9.17, 15) is 14.2 Å². The summed E-state index contributed by atoms with van der Waals surface area (Å²) in [5, 5.41) is 0. The average molecular weight is 689 g/mol. The summed E-state index contributed by atoms with van der Waals surface area (Å²) >= 11 is 0. The predicted octanol–water partition coefficient (Wildman–Crippen LogP) is 11.5. The third-order valence-electron chi connectivity index (χ3n) is 8.53. The Bertz CT molecular complexity index is 782. The van der Waals surface area contributed by atoms with Gasteiger partial charge in [0.15, 0.2) is 6.10 Å². The molecule has 0 aromatic heterocycles. The zero-order valence-corrected chi connectivity index (χ0v) is 31.3. The van der Waals surface area contributed by atoms with Gasteiger partial charge in [-0.05, 0) is 32.1 Å². The SMILES string of the molecule is CCCC/C=C/CCCCCCCC(=O)OC[C@H](COP(=O)(O)O)OC(=O)CCCCCCCCCCCCCCCCCCCC. The van der Waals surface area contributed by atoms with E-state index in [0.29, 0.717) is 12.8 Å². The Hall–Kier alpha value is -1.21. The molecule has 0 spiro atoms. The van der Waals surface area contributed by atoms with Crippen LogP contribution in [0.25, 0.3) is 0 Å². The van der Waals surface area contributed by atoms with Gasteiger partial charge in [0.1, 0.15) is 6.61 Å². The van der Waals surface area contributed by atoms with Crippen molar-refractivity contribution in [3.8, 4) is 0 Å². The summed E-state index contributed by atoms with van der Waals surface area (Å²) in [6, 6.07) is 0. The lowest BCUT2D eigenvalue weighted by Crippen LogP contribution is -2.29. The Labute approximate surface area is 288 Å². The number of rotatable bonds is 36. The fourth-order valence-electron chi connectivity index (χ4n) is 5.59. The van der Waals surface area contributed by atoms with Crippen molar-refractivity contribution in [2.75, 3.05) is 13.2 Å². The molecule has 0 rings (SSSR count). The van der Waals surface area contributed by atoms with E-state index in [1.54, 1.807) is 0 Å². The summed E-state index contributed by atoms with van der Waals surface area (Å²) in [7, 11) is -4.74. The number of carbonyl (C=O) groups is 2. The van der Waals surface area contributed by atoms with E-state index in [1.807, 2.05) is 0 Å². The van der Waals surface area contributed by atoms with Gasteiger partial charge in [0.05, 0.1) is 6.61 Å². The molecule has 0 aliphatic rings. The molecule has 0 aliphatic carbocycles. The van der Waals surface area contributed by atoms with E-state index in [0.717, 1.165) is 57.8 Å². The fraction of sp³-hybridized carbons (Fsp3) is 0.895. The second-order valence-corrected chi connectivity index (χ2v) is 14.5. The zero-order chi connectivity index (χ0) is 34.7. The van der Waals surface area contributed by atoms with Crippen LogP contribution in [0.5, 0.6) is 0 Å². The molecule has 0 saturated carbocycles. The highest BCUT2D eigenvalue weighted by Gasteiger charge is 2.22. The molecule has 8 nitrogen and oxygen atoms in total. The molecule has 278 valence electrons. The maximum absolute atomic E-state index is 12.4. The molecular formula is C38H73O8P. The summed E-state index contributed by atoms with van der Waals surface area (Å²) in [5.41, 5.74) is 0. The van der Waals surface area contributed by atoms with E-state index < -0.39 is 32.5 Å². The first kappa shape index (κ1) is 45.8. The summed E-state index contributed by atoms with van der Waals surface area (Å²) in [4.78, 5) is 42.7. The molecule has 9 heteroatoms. The maximum atomic E-state index is 12.4. The molecular weight excluding hydrogens is 615 g/mol. The molecule has 47 heavy (non-hydrogen) atoms. The van der Waals surface area contributed by atoms with Crippen LogP contribution in [0, 0.1) is 0 Å². The number of allylic oxidation sites excluding steroid dienone is 2. The number of hydrogen-bond acceptors (Lipinski definition) is 6. The summed E-state index contributed by atoms with van der Waals surface area (Å²) in [5.74, 6) is -0.887. The number of ether oxygens (including phenoxy) is 2. The van der Waals surface area contributed by atoms with Crippen LogP contribution in [0.1, 0.15) is 200 Å². The molecule has 0 unspecified atom stereocenters. The van der Waals surface area contributed by atoms with Gasteiger partial charge in [0.25, 0.3) is 0 Å². The number of carbonyl (C=O) groups excluding carboxylic acids is 2. The zero-order valence-electron chi connectivity index (χ0n) is 30.4. The monoisotopic (exact) mass is 689 g/mol.